The molecule has 4 aliphatic rings. The zero-order chi connectivity index (χ0) is 24.7. The average Bonchev–Trinajstić information content (AvgIpc) is 3.54. The van der Waals surface area contributed by atoms with Gasteiger partial charge in [-0.05, 0) is 84.4 Å². The van der Waals surface area contributed by atoms with E-state index >= 15 is 0 Å². The molecule has 36 heavy (non-hydrogen) atoms. The van der Waals surface area contributed by atoms with Gasteiger partial charge < -0.3 is 14.8 Å². The first kappa shape index (κ1) is 22.9. The van der Waals surface area contributed by atoms with E-state index in [1.54, 1.807) is 0 Å². The van der Waals surface area contributed by atoms with E-state index in [4.69, 9.17) is 4.74 Å². The Labute approximate surface area is 210 Å². The number of hydrogen-bond donors (Lipinski definition) is 2. The molecule has 0 amide bonds. The first-order valence-electron chi connectivity index (χ1n) is 13.4. The second-order valence-electron chi connectivity index (χ2n) is 12.1. The molecule has 4 fully saturated rings. The van der Waals surface area contributed by atoms with Crippen molar-refractivity contribution < 1.29 is 18.6 Å². The number of piperidine rings is 1. The van der Waals surface area contributed by atoms with Crippen LogP contribution in [0.1, 0.15) is 78.3 Å². The number of halogens is 2. The number of alkyl halides is 2. The van der Waals surface area contributed by atoms with E-state index in [0.717, 1.165) is 37.1 Å². The Kier molecular flexibility index (Phi) is 5.00. The molecule has 1 spiro atoms. The number of benzene rings is 2. The molecule has 0 bridgehead atoms. The van der Waals surface area contributed by atoms with E-state index in [2.05, 4.69) is 41.1 Å². The van der Waals surface area contributed by atoms with Crippen LogP contribution in [0.15, 0.2) is 42.6 Å². The summed E-state index contributed by atoms with van der Waals surface area (Å²) < 4.78 is 33.3. The third kappa shape index (κ3) is 3.72. The van der Waals surface area contributed by atoms with Crippen LogP contribution in [0.4, 0.5) is 8.78 Å². The van der Waals surface area contributed by atoms with Gasteiger partial charge in [-0.25, -0.2) is 8.78 Å². The molecule has 3 heterocycles. The van der Waals surface area contributed by atoms with Crippen molar-refractivity contribution in [2.24, 2.45) is 5.41 Å². The van der Waals surface area contributed by atoms with Gasteiger partial charge in [0, 0.05) is 42.5 Å². The Morgan fingerprint density at radius 1 is 1.11 bits per heavy atom. The lowest BCUT2D eigenvalue weighted by Gasteiger charge is -2.55. The fourth-order valence-corrected chi connectivity index (χ4v) is 7.17. The first-order chi connectivity index (χ1) is 17.2. The Morgan fingerprint density at radius 2 is 1.86 bits per heavy atom. The van der Waals surface area contributed by atoms with Crippen molar-refractivity contribution in [2.75, 3.05) is 19.8 Å². The summed E-state index contributed by atoms with van der Waals surface area (Å²) in [6.45, 7) is 4.48. The summed E-state index contributed by atoms with van der Waals surface area (Å²) in [5.74, 6) is -1.88. The molecule has 1 aromatic heterocycles. The van der Waals surface area contributed by atoms with E-state index in [0.29, 0.717) is 19.1 Å². The number of aliphatic hydroxyl groups is 1. The summed E-state index contributed by atoms with van der Waals surface area (Å²) >= 11 is 0. The van der Waals surface area contributed by atoms with Crippen LogP contribution in [-0.2, 0) is 16.9 Å². The van der Waals surface area contributed by atoms with Crippen LogP contribution in [0.25, 0.3) is 10.9 Å². The Balaban J connectivity index is 1.24. The Bertz CT molecular complexity index is 1300. The van der Waals surface area contributed by atoms with Crippen molar-refractivity contribution in [1.82, 2.24) is 9.88 Å². The number of aryl methyl sites for hydroxylation is 1. The minimum atomic E-state index is -2.52. The van der Waals surface area contributed by atoms with Crippen molar-refractivity contribution in [2.45, 2.75) is 75.5 Å². The third-order valence-corrected chi connectivity index (χ3v) is 9.34. The smallest absolute Gasteiger partial charge is 0.249 e. The number of aromatic amines is 1. The average molecular weight is 493 g/mol. The zero-order valence-electron chi connectivity index (χ0n) is 20.8. The summed E-state index contributed by atoms with van der Waals surface area (Å²) in [5.41, 5.74) is 6.23. The number of rotatable bonds is 5. The van der Waals surface area contributed by atoms with Crippen molar-refractivity contribution in [3.63, 3.8) is 0 Å². The number of ether oxygens (including phenoxy) is 1. The third-order valence-electron chi connectivity index (χ3n) is 9.34. The van der Waals surface area contributed by atoms with E-state index in [-0.39, 0.29) is 24.3 Å². The largest absolute Gasteiger partial charge is 0.380 e. The van der Waals surface area contributed by atoms with Crippen molar-refractivity contribution in [3.05, 3.63) is 70.4 Å². The molecule has 2 N–H and O–H groups in total. The standard InChI is InChI=1S/C30H34F2N2O2/c1-19-12-24(20-2-3-20)25(23-8-10-33-27(19)23)14-34-11-9-28(15-30(31,32)16-28)13-26(34)21-4-6-22(7-5-21)29(35)17-36-18-29/h4-8,10,12,20,26,33,35H,2-3,9,11,13-18H2,1H3/t26-/m1/s1. The number of fused-ring (bicyclic) bond motifs is 1. The van der Waals surface area contributed by atoms with Gasteiger partial charge in [0.15, 0.2) is 0 Å². The fraction of sp³-hybridized carbons (Fsp3) is 0.533. The summed E-state index contributed by atoms with van der Waals surface area (Å²) in [6.07, 6.45) is 6.14. The number of hydrogen-bond acceptors (Lipinski definition) is 3. The van der Waals surface area contributed by atoms with Crippen LogP contribution in [0.3, 0.4) is 0 Å². The van der Waals surface area contributed by atoms with Gasteiger partial charge in [0.1, 0.15) is 5.60 Å². The molecule has 1 atom stereocenters. The highest BCUT2D eigenvalue weighted by Crippen LogP contribution is 2.60. The molecule has 0 radical (unpaired) electrons. The predicted molar refractivity (Wildman–Crippen MR) is 135 cm³/mol. The highest BCUT2D eigenvalue weighted by Gasteiger charge is 2.58. The second kappa shape index (κ2) is 7.86. The van der Waals surface area contributed by atoms with Gasteiger partial charge in [-0.15, -0.1) is 0 Å². The summed E-state index contributed by atoms with van der Waals surface area (Å²) in [4.78, 5) is 5.96. The van der Waals surface area contributed by atoms with E-state index in [1.807, 2.05) is 18.3 Å². The summed E-state index contributed by atoms with van der Waals surface area (Å²) in [5, 5.41) is 12.0. The molecule has 2 aromatic carbocycles. The van der Waals surface area contributed by atoms with Crippen molar-refractivity contribution >= 4 is 10.9 Å². The lowest BCUT2D eigenvalue weighted by atomic mass is 9.59. The van der Waals surface area contributed by atoms with Gasteiger partial charge in [0.05, 0.1) is 13.2 Å². The van der Waals surface area contributed by atoms with Crippen LogP contribution < -0.4 is 0 Å². The molecular weight excluding hydrogens is 458 g/mol. The number of likely N-dealkylation sites (tertiary alicyclic amines) is 1. The van der Waals surface area contributed by atoms with Gasteiger partial charge in [0.25, 0.3) is 0 Å². The van der Waals surface area contributed by atoms with Crippen LogP contribution in [0.5, 0.6) is 0 Å². The van der Waals surface area contributed by atoms with Crippen LogP contribution >= 0.6 is 0 Å². The molecule has 2 saturated heterocycles. The molecule has 2 aliphatic carbocycles. The second-order valence-corrected chi connectivity index (χ2v) is 12.1. The topological polar surface area (TPSA) is 48.5 Å². The van der Waals surface area contributed by atoms with Gasteiger partial charge in [0.2, 0.25) is 5.92 Å². The van der Waals surface area contributed by atoms with Crippen molar-refractivity contribution in [1.29, 1.82) is 0 Å². The minimum Gasteiger partial charge on any atom is -0.380 e. The molecule has 0 unspecified atom stereocenters. The molecule has 6 heteroatoms. The molecule has 190 valence electrons. The van der Waals surface area contributed by atoms with Crippen molar-refractivity contribution in [3.8, 4) is 0 Å². The maximum atomic E-state index is 14.0. The predicted octanol–water partition coefficient (Wildman–Crippen LogP) is 6.32. The molecule has 2 saturated carbocycles. The SMILES string of the molecule is Cc1cc(C2CC2)c(CN2CCC3(C[C@@H]2c2ccc(C4(O)COC4)cc2)CC(F)(F)C3)c2cc[nH]c12. The molecule has 4 nitrogen and oxygen atoms in total. The summed E-state index contributed by atoms with van der Waals surface area (Å²) in [7, 11) is 0. The molecule has 2 aliphatic heterocycles. The number of aromatic nitrogens is 1. The number of nitrogens with zero attached hydrogens (tertiary/aromatic N) is 1. The maximum Gasteiger partial charge on any atom is 0.249 e. The lowest BCUT2D eigenvalue weighted by Crippen LogP contribution is -2.53. The normalized spacial score (nSPS) is 26.6. The quantitative estimate of drug-likeness (QED) is 0.438. The Morgan fingerprint density at radius 3 is 2.50 bits per heavy atom. The first-order valence-corrected chi connectivity index (χ1v) is 13.4. The molecule has 3 aromatic rings. The highest BCUT2D eigenvalue weighted by molar-refractivity contribution is 5.87. The summed E-state index contributed by atoms with van der Waals surface area (Å²) in [6, 6.07) is 12.8. The number of nitrogens with one attached hydrogen (secondary N) is 1. The van der Waals surface area contributed by atoms with Gasteiger partial charge >= 0.3 is 0 Å². The Hall–Kier alpha value is -2.28. The fourth-order valence-electron chi connectivity index (χ4n) is 7.17. The maximum absolute atomic E-state index is 14.0. The van der Waals surface area contributed by atoms with E-state index in [9.17, 15) is 13.9 Å². The zero-order valence-corrected chi connectivity index (χ0v) is 20.8. The van der Waals surface area contributed by atoms with E-state index in [1.165, 1.54) is 40.4 Å². The molecule has 7 rings (SSSR count). The highest BCUT2D eigenvalue weighted by atomic mass is 19.3. The van der Waals surface area contributed by atoms with Gasteiger partial charge in [-0.1, -0.05) is 30.3 Å². The monoisotopic (exact) mass is 492 g/mol. The van der Waals surface area contributed by atoms with E-state index < -0.39 is 11.5 Å². The van der Waals surface area contributed by atoms with Gasteiger partial charge in [-0.3, -0.25) is 4.90 Å². The number of H-pyrrole nitrogens is 1. The van der Waals surface area contributed by atoms with Gasteiger partial charge in [-0.2, -0.15) is 0 Å². The minimum absolute atomic E-state index is 0.0133. The lowest BCUT2D eigenvalue weighted by molar-refractivity contribution is -0.186. The molecular formula is C30H34F2N2O2. The van der Waals surface area contributed by atoms with Crippen LogP contribution in [0, 0.1) is 12.3 Å². The van der Waals surface area contributed by atoms with Crippen LogP contribution in [0.2, 0.25) is 0 Å². The van der Waals surface area contributed by atoms with Crippen LogP contribution in [-0.4, -0.2) is 40.7 Å².